The van der Waals surface area contributed by atoms with E-state index in [1.54, 1.807) is 0 Å². The van der Waals surface area contributed by atoms with Crippen molar-refractivity contribution in [3.8, 4) is 6.07 Å². The minimum atomic E-state index is -1.30. The lowest BCUT2D eigenvalue weighted by atomic mass is 10.1. The molecule has 0 saturated carbocycles. The summed E-state index contributed by atoms with van der Waals surface area (Å²) in [6.45, 7) is 0.0752. The maximum absolute atomic E-state index is 10.7. The van der Waals surface area contributed by atoms with Gasteiger partial charge < -0.3 is 15.3 Å². The number of hydrogen-bond acceptors (Lipinski definition) is 5. The third kappa shape index (κ3) is 4.68. The van der Waals surface area contributed by atoms with Gasteiger partial charge in [-0.2, -0.15) is 5.26 Å². The van der Waals surface area contributed by atoms with Crippen LogP contribution in [-0.4, -0.2) is 40.8 Å². The highest BCUT2D eigenvalue weighted by Gasteiger charge is 2.14. The number of aliphatic hydroxyl groups is 2. The second-order valence-electron chi connectivity index (χ2n) is 3.94. The number of nitrogens with zero attached hydrogens (tertiary/aromatic N) is 1. The Morgan fingerprint density at radius 2 is 2.20 bits per heavy atom. The summed E-state index contributed by atoms with van der Waals surface area (Å²) in [5.41, 5.74) is 0.734. The van der Waals surface area contributed by atoms with Gasteiger partial charge in [-0.15, -0.1) is 0 Å². The molecule has 5 N–H and O–H groups in total. The molecular weight excluding hydrogens is 286 g/mol. The third-order valence-corrected chi connectivity index (χ3v) is 2.87. The van der Waals surface area contributed by atoms with Gasteiger partial charge in [-0.3, -0.25) is 10.6 Å². The van der Waals surface area contributed by atoms with Gasteiger partial charge in [0.25, 0.3) is 0 Å². The fraction of sp³-hybridized carbons (Fsp3) is 0.333. The van der Waals surface area contributed by atoms with Gasteiger partial charge in [0, 0.05) is 13.0 Å². The fourth-order valence-electron chi connectivity index (χ4n) is 1.62. The van der Waals surface area contributed by atoms with E-state index in [2.05, 4.69) is 10.6 Å². The zero-order valence-corrected chi connectivity index (χ0v) is 11.2. The van der Waals surface area contributed by atoms with E-state index in [0.717, 1.165) is 0 Å². The molecular formula is C12H14ClN3O4. The van der Waals surface area contributed by atoms with Crippen molar-refractivity contribution in [1.29, 1.82) is 5.26 Å². The molecule has 1 aromatic carbocycles. The average Bonchev–Trinajstić information content (AvgIpc) is 2.40. The molecule has 1 unspecified atom stereocenters. The molecule has 20 heavy (non-hydrogen) atoms. The molecule has 0 heterocycles. The number of rotatable bonds is 6. The summed E-state index contributed by atoms with van der Waals surface area (Å²) >= 11 is 6.04. The Morgan fingerprint density at radius 1 is 1.50 bits per heavy atom. The quantitative estimate of drug-likeness (QED) is 0.493. The number of hydrogen-bond donors (Lipinski definition) is 5. The van der Waals surface area contributed by atoms with E-state index >= 15 is 0 Å². The number of amides is 1. The SMILES string of the molecule is N#Cc1cc(CC(O)NCCO)c(Cl)c(NC(=O)O)c1. The van der Waals surface area contributed by atoms with Crippen molar-refractivity contribution < 1.29 is 20.1 Å². The lowest BCUT2D eigenvalue weighted by molar-refractivity contribution is 0.128. The first-order chi connectivity index (χ1) is 9.47. The van der Waals surface area contributed by atoms with Crippen LogP contribution in [0.15, 0.2) is 12.1 Å². The largest absolute Gasteiger partial charge is 0.465 e. The van der Waals surface area contributed by atoms with Gasteiger partial charge in [0.15, 0.2) is 0 Å². The molecule has 0 aliphatic rings. The first-order valence-corrected chi connectivity index (χ1v) is 6.10. The predicted molar refractivity (Wildman–Crippen MR) is 72.6 cm³/mol. The van der Waals surface area contributed by atoms with Gasteiger partial charge in [-0.1, -0.05) is 11.6 Å². The number of nitrogens with one attached hydrogen (secondary N) is 2. The van der Waals surface area contributed by atoms with Crippen LogP contribution in [0.5, 0.6) is 0 Å². The summed E-state index contributed by atoms with van der Waals surface area (Å²) in [6.07, 6.45) is -2.19. The Bertz CT molecular complexity index is 530. The number of nitriles is 1. The maximum Gasteiger partial charge on any atom is 0.409 e. The number of carbonyl (C=O) groups is 1. The lowest BCUT2D eigenvalue weighted by Crippen LogP contribution is -2.33. The summed E-state index contributed by atoms with van der Waals surface area (Å²) in [4.78, 5) is 10.7. The normalized spacial score (nSPS) is 11.7. The Hall–Kier alpha value is -1.85. The summed E-state index contributed by atoms with van der Waals surface area (Å²) in [5.74, 6) is 0. The Balaban J connectivity index is 3.00. The van der Waals surface area contributed by atoms with Crippen LogP contribution in [0, 0.1) is 11.3 Å². The third-order valence-electron chi connectivity index (χ3n) is 2.42. The Labute approximate surface area is 120 Å². The topological polar surface area (TPSA) is 126 Å². The highest BCUT2D eigenvalue weighted by Crippen LogP contribution is 2.28. The fourth-order valence-corrected chi connectivity index (χ4v) is 1.85. The number of carboxylic acid groups (broad SMARTS) is 1. The van der Waals surface area contributed by atoms with Gasteiger partial charge in [-0.25, -0.2) is 4.79 Å². The molecule has 0 aliphatic carbocycles. The zero-order chi connectivity index (χ0) is 15.1. The number of anilines is 1. The molecule has 0 aromatic heterocycles. The van der Waals surface area contributed by atoms with E-state index in [-0.39, 0.29) is 35.8 Å². The molecule has 0 aliphatic heterocycles. The van der Waals surface area contributed by atoms with Crippen molar-refractivity contribution in [3.63, 3.8) is 0 Å². The number of aliphatic hydroxyl groups excluding tert-OH is 2. The van der Waals surface area contributed by atoms with E-state index in [9.17, 15) is 9.90 Å². The van der Waals surface area contributed by atoms with Crippen molar-refractivity contribution in [2.24, 2.45) is 0 Å². The lowest BCUT2D eigenvalue weighted by Gasteiger charge is -2.15. The monoisotopic (exact) mass is 299 g/mol. The van der Waals surface area contributed by atoms with Crippen LogP contribution >= 0.6 is 11.6 Å². The van der Waals surface area contributed by atoms with Crippen molar-refractivity contribution >= 4 is 23.4 Å². The van der Waals surface area contributed by atoms with Crippen LogP contribution in [0.4, 0.5) is 10.5 Å². The Kier molecular flexibility index (Phi) is 6.21. The standard InChI is InChI=1S/C12H14ClN3O4/c13-11-8(5-10(18)15-1-2-17)3-7(6-14)4-9(11)16-12(19)20/h3-4,10,15-18H,1-2,5H2,(H,19,20). The van der Waals surface area contributed by atoms with Crippen LogP contribution in [0.3, 0.4) is 0 Å². The van der Waals surface area contributed by atoms with E-state index in [1.807, 2.05) is 6.07 Å². The summed E-state index contributed by atoms with van der Waals surface area (Å²) in [5, 5.41) is 40.8. The van der Waals surface area contributed by atoms with Crippen LogP contribution in [0.2, 0.25) is 5.02 Å². The van der Waals surface area contributed by atoms with E-state index < -0.39 is 12.3 Å². The van der Waals surface area contributed by atoms with Gasteiger partial charge in [0.1, 0.15) is 6.23 Å². The van der Waals surface area contributed by atoms with Crippen molar-refractivity contribution in [2.45, 2.75) is 12.6 Å². The van der Waals surface area contributed by atoms with Gasteiger partial charge in [-0.05, 0) is 17.7 Å². The zero-order valence-electron chi connectivity index (χ0n) is 10.4. The second kappa shape index (κ2) is 7.67. The average molecular weight is 300 g/mol. The van der Waals surface area contributed by atoms with E-state index in [0.29, 0.717) is 5.56 Å². The molecule has 108 valence electrons. The maximum atomic E-state index is 10.7. The van der Waals surface area contributed by atoms with Crippen LogP contribution in [0.25, 0.3) is 0 Å². The molecule has 1 atom stereocenters. The van der Waals surface area contributed by atoms with Crippen molar-refractivity contribution in [3.05, 3.63) is 28.3 Å². The molecule has 0 fully saturated rings. The molecule has 8 heteroatoms. The number of halogens is 1. The molecule has 0 bridgehead atoms. The highest BCUT2D eigenvalue weighted by atomic mass is 35.5. The smallest absolute Gasteiger partial charge is 0.409 e. The van der Waals surface area contributed by atoms with Crippen LogP contribution in [-0.2, 0) is 6.42 Å². The van der Waals surface area contributed by atoms with Crippen LogP contribution in [0.1, 0.15) is 11.1 Å². The van der Waals surface area contributed by atoms with Gasteiger partial charge >= 0.3 is 6.09 Å². The highest BCUT2D eigenvalue weighted by molar-refractivity contribution is 6.34. The summed E-state index contributed by atoms with van der Waals surface area (Å²) < 4.78 is 0. The summed E-state index contributed by atoms with van der Waals surface area (Å²) in [6, 6.07) is 4.68. The molecule has 1 aromatic rings. The predicted octanol–water partition coefficient (Wildman–Crippen LogP) is 0.744. The van der Waals surface area contributed by atoms with Gasteiger partial charge in [0.2, 0.25) is 0 Å². The molecule has 7 nitrogen and oxygen atoms in total. The van der Waals surface area contributed by atoms with E-state index in [4.69, 9.17) is 27.1 Å². The van der Waals surface area contributed by atoms with Gasteiger partial charge in [0.05, 0.1) is 28.9 Å². The molecule has 1 amide bonds. The summed E-state index contributed by atoms with van der Waals surface area (Å²) in [7, 11) is 0. The first-order valence-electron chi connectivity index (χ1n) is 5.72. The minimum absolute atomic E-state index is 0.0721. The molecule has 0 spiro atoms. The second-order valence-corrected chi connectivity index (χ2v) is 4.31. The molecule has 0 radical (unpaired) electrons. The molecule has 1 rings (SSSR count). The van der Waals surface area contributed by atoms with Crippen molar-refractivity contribution in [2.75, 3.05) is 18.5 Å². The van der Waals surface area contributed by atoms with E-state index in [1.165, 1.54) is 12.1 Å². The first kappa shape index (κ1) is 16.2. The molecule has 0 saturated heterocycles. The van der Waals surface area contributed by atoms with Crippen LogP contribution < -0.4 is 10.6 Å². The Morgan fingerprint density at radius 3 is 2.75 bits per heavy atom. The number of benzene rings is 1. The van der Waals surface area contributed by atoms with Crippen molar-refractivity contribution in [1.82, 2.24) is 5.32 Å². The minimum Gasteiger partial charge on any atom is -0.465 e.